The van der Waals surface area contributed by atoms with E-state index in [-0.39, 0.29) is 43.1 Å². The van der Waals surface area contributed by atoms with Gasteiger partial charge in [-0.1, -0.05) is 19.0 Å². The number of rotatable bonds is 9. The Morgan fingerprint density at radius 1 is 1.13 bits per heavy atom. The van der Waals surface area contributed by atoms with Crippen LogP contribution in [0.3, 0.4) is 0 Å². The summed E-state index contributed by atoms with van der Waals surface area (Å²) in [5, 5.41) is 10.3. The summed E-state index contributed by atoms with van der Waals surface area (Å²) in [7, 11) is 1.61. The molecular formula is C20H27F2IN4O4. The summed E-state index contributed by atoms with van der Waals surface area (Å²) in [6, 6.07) is 4.94. The van der Waals surface area contributed by atoms with E-state index >= 15 is 0 Å². The van der Waals surface area contributed by atoms with Crippen LogP contribution in [0.25, 0.3) is 0 Å². The fourth-order valence-electron chi connectivity index (χ4n) is 3.19. The van der Waals surface area contributed by atoms with Crippen molar-refractivity contribution in [2.75, 3.05) is 13.8 Å². The van der Waals surface area contributed by atoms with Crippen molar-refractivity contribution < 1.29 is 27.5 Å². The molecule has 1 aliphatic rings. The molecule has 1 aliphatic heterocycles. The predicted octanol–water partition coefficient (Wildman–Crippen LogP) is 4.39. The van der Waals surface area contributed by atoms with Gasteiger partial charge in [-0.25, -0.2) is 0 Å². The van der Waals surface area contributed by atoms with Crippen molar-refractivity contribution >= 4 is 29.9 Å². The van der Waals surface area contributed by atoms with Gasteiger partial charge in [-0.2, -0.15) is 8.78 Å². The topological polar surface area (TPSA) is 90.1 Å². The second-order valence-corrected chi connectivity index (χ2v) is 6.70. The average molecular weight is 552 g/mol. The van der Waals surface area contributed by atoms with E-state index in [4.69, 9.17) is 14.0 Å². The number of hydrogen-bond acceptors (Lipinski definition) is 6. The lowest BCUT2D eigenvalue weighted by molar-refractivity contribution is -0.0505. The van der Waals surface area contributed by atoms with E-state index < -0.39 is 6.61 Å². The van der Waals surface area contributed by atoms with Crippen LogP contribution in [-0.2, 0) is 13.1 Å². The van der Waals surface area contributed by atoms with Crippen molar-refractivity contribution in [1.82, 2.24) is 15.8 Å². The third-order valence-electron chi connectivity index (χ3n) is 4.85. The highest BCUT2D eigenvalue weighted by Crippen LogP contribution is 2.38. The van der Waals surface area contributed by atoms with Gasteiger partial charge >= 0.3 is 6.61 Å². The molecule has 31 heavy (non-hydrogen) atoms. The Hall–Kier alpha value is -2.31. The predicted molar refractivity (Wildman–Crippen MR) is 121 cm³/mol. The molecule has 11 heteroatoms. The first-order valence-electron chi connectivity index (χ1n) is 9.81. The van der Waals surface area contributed by atoms with Crippen molar-refractivity contribution in [3.63, 3.8) is 0 Å². The smallest absolute Gasteiger partial charge is 0.387 e. The molecule has 0 saturated heterocycles. The highest BCUT2D eigenvalue weighted by atomic mass is 127. The van der Waals surface area contributed by atoms with Crippen LogP contribution in [-0.4, -0.2) is 31.6 Å². The molecule has 2 N–H and O–H groups in total. The summed E-state index contributed by atoms with van der Waals surface area (Å²) in [5.41, 5.74) is 1.42. The van der Waals surface area contributed by atoms with Crippen LogP contribution in [0.2, 0.25) is 0 Å². The van der Waals surface area contributed by atoms with E-state index in [1.165, 1.54) is 6.07 Å². The van der Waals surface area contributed by atoms with Crippen LogP contribution in [0.4, 0.5) is 8.78 Å². The number of alkyl halides is 2. The summed E-state index contributed by atoms with van der Waals surface area (Å²) in [5.74, 6) is 2.39. The van der Waals surface area contributed by atoms with Crippen LogP contribution >= 0.6 is 24.0 Å². The third kappa shape index (κ3) is 6.58. The maximum absolute atomic E-state index is 12.8. The normalized spacial score (nSPS) is 12.8. The Morgan fingerprint density at radius 3 is 2.45 bits per heavy atom. The van der Waals surface area contributed by atoms with Gasteiger partial charge in [0.2, 0.25) is 6.79 Å². The van der Waals surface area contributed by atoms with Crippen LogP contribution in [0, 0.1) is 0 Å². The van der Waals surface area contributed by atoms with Crippen LogP contribution < -0.4 is 24.8 Å². The van der Waals surface area contributed by atoms with E-state index in [2.05, 4.69) is 39.4 Å². The zero-order chi connectivity index (χ0) is 21.5. The molecule has 0 radical (unpaired) electrons. The Kier molecular flexibility index (Phi) is 9.59. The van der Waals surface area contributed by atoms with Gasteiger partial charge in [0.1, 0.15) is 5.75 Å². The zero-order valence-corrected chi connectivity index (χ0v) is 19.9. The molecule has 8 nitrogen and oxygen atoms in total. The van der Waals surface area contributed by atoms with E-state index in [0.29, 0.717) is 41.2 Å². The van der Waals surface area contributed by atoms with Gasteiger partial charge in [-0.15, -0.1) is 24.0 Å². The van der Waals surface area contributed by atoms with E-state index in [1.54, 1.807) is 13.1 Å². The number of ether oxygens (including phenoxy) is 3. The summed E-state index contributed by atoms with van der Waals surface area (Å²) >= 11 is 0. The quantitative estimate of drug-likeness (QED) is 0.271. The summed E-state index contributed by atoms with van der Waals surface area (Å²) in [4.78, 5) is 4.14. The Morgan fingerprint density at radius 2 is 1.81 bits per heavy atom. The number of nitrogens with one attached hydrogen (secondary N) is 2. The van der Waals surface area contributed by atoms with Crippen LogP contribution in [0.15, 0.2) is 27.7 Å². The van der Waals surface area contributed by atoms with Crippen LogP contribution in [0.5, 0.6) is 17.2 Å². The number of fused-ring (bicyclic) bond motifs is 1. The van der Waals surface area contributed by atoms with Gasteiger partial charge < -0.3 is 29.4 Å². The van der Waals surface area contributed by atoms with E-state index in [1.807, 2.05) is 6.07 Å². The second-order valence-electron chi connectivity index (χ2n) is 6.70. The van der Waals surface area contributed by atoms with E-state index in [0.717, 1.165) is 18.5 Å². The van der Waals surface area contributed by atoms with Gasteiger partial charge in [-0.3, -0.25) is 4.99 Å². The van der Waals surface area contributed by atoms with Crippen molar-refractivity contribution in [3.05, 3.63) is 35.2 Å². The second kappa shape index (κ2) is 11.9. The molecule has 0 aliphatic carbocycles. The van der Waals surface area contributed by atoms with Crippen molar-refractivity contribution in [2.24, 2.45) is 4.99 Å². The van der Waals surface area contributed by atoms with Crippen molar-refractivity contribution in [1.29, 1.82) is 0 Å². The number of halogens is 3. The first-order chi connectivity index (χ1) is 14.5. The SMILES string of the molecule is CCC(CC)c1cc(CNC(=NC)NCc2cc3c(cc2OC(F)F)OCO3)on1.I. The molecule has 0 spiro atoms. The van der Waals surface area contributed by atoms with Crippen LogP contribution in [0.1, 0.15) is 49.6 Å². The Balaban J connectivity index is 0.00000341. The van der Waals surface area contributed by atoms with Gasteiger partial charge in [0.25, 0.3) is 0 Å². The fourth-order valence-corrected chi connectivity index (χ4v) is 3.19. The number of aromatic nitrogens is 1. The molecule has 0 saturated carbocycles. The fraction of sp³-hybridized carbons (Fsp3) is 0.500. The molecule has 2 aromatic rings. The maximum atomic E-state index is 12.8. The summed E-state index contributed by atoms with van der Waals surface area (Å²) in [6.07, 6.45) is 2.00. The highest BCUT2D eigenvalue weighted by Gasteiger charge is 2.20. The molecule has 0 fully saturated rings. The first-order valence-corrected chi connectivity index (χ1v) is 9.81. The molecule has 172 valence electrons. The lowest BCUT2D eigenvalue weighted by atomic mass is 9.99. The Labute approximate surface area is 196 Å². The highest BCUT2D eigenvalue weighted by molar-refractivity contribution is 14.0. The van der Waals surface area contributed by atoms with E-state index in [9.17, 15) is 8.78 Å². The average Bonchev–Trinajstić information content (AvgIpc) is 3.38. The van der Waals surface area contributed by atoms with Gasteiger partial charge in [0.15, 0.2) is 23.2 Å². The van der Waals surface area contributed by atoms with Crippen molar-refractivity contribution in [2.45, 2.75) is 52.3 Å². The lowest BCUT2D eigenvalue weighted by Crippen LogP contribution is -2.36. The Bertz CT molecular complexity index is 875. The number of nitrogens with zero attached hydrogens (tertiary/aromatic N) is 2. The molecule has 1 aromatic carbocycles. The minimum Gasteiger partial charge on any atom is -0.454 e. The molecular weight excluding hydrogens is 525 g/mol. The number of aliphatic imine (C=N–C) groups is 1. The number of guanidine groups is 1. The summed E-state index contributed by atoms with van der Waals surface area (Å²) < 4.78 is 46.1. The minimum absolute atomic E-state index is 0. The standard InChI is InChI=1S/C20H26F2N4O4.HI/c1-4-12(5-2)15-7-14(30-26-15)10-25-20(23-3)24-9-13-6-17-18(28-11-27-17)8-16(13)29-19(21)22;/h6-8,12,19H,4-5,9-11H2,1-3H3,(H2,23,24,25);1H. The molecule has 0 amide bonds. The first kappa shape index (κ1) is 25.0. The summed E-state index contributed by atoms with van der Waals surface area (Å²) in [6.45, 7) is 1.91. The molecule has 3 rings (SSSR count). The molecule has 1 aromatic heterocycles. The van der Waals surface area contributed by atoms with Gasteiger partial charge in [0, 0.05) is 37.2 Å². The lowest BCUT2D eigenvalue weighted by Gasteiger charge is -2.14. The largest absolute Gasteiger partial charge is 0.454 e. The molecule has 2 heterocycles. The molecule has 0 unspecified atom stereocenters. The van der Waals surface area contributed by atoms with Gasteiger partial charge in [0.05, 0.1) is 12.2 Å². The molecule has 0 bridgehead atoms. The number of benzene rings is 1. The molecule has 0 atom stereocenters. The van der Waals surface area contributed by atoms with Crippen molar-refractivity contribution in [3.8, 4) is 17.2 Å². The third-order valence-corrected chi connectivity index (χ3v) is 4.85. The number of hydrogen-bond donors (Lipinski definition) is 2. The maximum Gasteiger partial charge on any atom is 0.387 e. The zero-order valence-electron chi connectivity index (χ0n) is 17.6. The monoisotopic (exact) mass is 552 g/mol. The minimum atomic E-state index is -2.95. The van der Waals surface area contributed by atoms with Gasteiger partial charge in [-0.05, 0) is 18.9 Å².